The molecule has 0 bridgehead atoms. The highest BCUT2D eigenvalue weighted by molar-refractivity contribution is 7.89. The maximum Gasteiger partial charge on any atom is 0.238 e. The number of sulfonamides is 1. The van der Waals surface area contributed by atoms with E-state index in [9.17, 15) is 8.42 Å². The third kappa shape index (κ3) is 5.36. The topological polar surface area (TPSA) is 101 Å². The fourth-order valence-corrected chi connectivity index (χ4v) is 2.30. The number of nitrogen functional groups attached to an aromatic ring is 1. The molecule has 0 fully saturated rings. The zero-order valence-electron chi connectivity index (χ0n) is 12.3. The van der Waals surface area contributed by atoms with Crippen LogP contribution in [0.5, 0.6) is 0 Å². The van der Waals surface area contributed by atoms with Crippen LogP contribution in [0.15, 0.2) is 23.1 Å². The third-order valence-corrected chi connectivity index (χ3v) is 4.05. The molecule has 1 aromatic carbocycles. The van der Waals surface area contributed by atoms with E-state index in [4.69, 9.17) is 10.9 Å². The van der Waals surface area contributed by atoms with E-state index < -0.39 is 10.0 Å². The fraction of sp³-hybridized carbons (Fsp3) is 0.538. The lowest BCUT2D eigenvalue weighted by Crippen LogP contribution is -2.28. The van der Waals surface area contributed by atoms with Gasteiger partial charge in [0.15, 0.2) is 0 Å². The number of rotatable bonds is 7. The molecule has 0 heterocycles. The van der Waals surface area contributed by atoms with Crippen molar-refractivity contribution in [3.05, 3.63) is 18.2 Å². The third-order valence-electron chi connectivity index (χ3n) is 3.16. The maximum absolute atomic E-state index is 11.3. The zero-order chi connectivity index (χ0) is 15.3. The Labute approximate surface area is 121 Å². The van der Waals surface area contributed by atoms with Crippen molar-refractivity contribution in [1.29, 1.82) is 0 Å². The first kappa shape index (κ1) is 16.7. The highest BCUT2D eigenvalue weighted by Gasteiger charge is 2.10. The van der Waals surface area contributed by atoms with Crippen molar-refractivity contribution in [2.45, 2.75) is 31.2 Å². The Bertz CT molecular complexity index is 543. The largest absolute Gasteiger partial charge is 0.399 e. The molecule has 0 aliphatic rings. The van der Waals surface area contributed by atoms with Crippen LogP contribution in [0.4, 0.5) is 11.4 Å². The Morgan fingerprint density at radius 1 is 1.30 bits per heavy atom. The summed E-state index contributed by atoms with van der Waals surface area (Å²) in [6, 6.07) is 5.06. The van der Waals surface area contributed by atoms with Gasteiger partial charge < -0.3 is 16.0 Å². The second-order valence-corrected chi connectivity index (χ2v) is 6.75. The van der Waals surface area contributed by atoms with Gasteiger partial charge in [0.25, 0.3) is 0 Å². The summed E-state index contributed by atoms with van der Waals surface area (Å²) in [4.78, 5) is 2.27. The zero-order valence-corrected chi connectivity index (χ0v) is 13.1. The van der Waals surface area contributed by atoms with Gasteiger partial charge in [-0.1, -0.05) is 0 Å². The molecule has 114 valence electrons. The lowest BCUT2D eigenvalue weighted by atomic mass is 10.2. The van der Waals surface area contributed by atoms with E-state index in [-0.39, 0.29) is 4.90 Å². The normalized spacial score (nSPS) is 12.1. The number of nitrogens with one attached hydrogen (secondary N) is 1. The van der Waals surface area contributed by atoms with Gasteiger partial charge in [-0.15, -0.1) is 0 Å². The number of primary sulfonamides is 1. The minimum absolute atomic E-state index is 0.0271. The van der Waals surface area contributed by atoms with Crippen LogP contribution in [0, 0.1) is 0 Å². The van der Waals surface area contributed by atoms with Crippen LogP contribution in [-0.4, -0.2) is 39.5 Å². The summed E-state index contributed by atoms with van der Waals surface area (Å²) in [6.07, 6.45) is 0.953. The first-order valence-electron chi connectivity index (χ1n) is 6.57. The first-order chi connectivity index (χ1) is 9.20. The average Bonchev–Trinajstić information content (AvgIpc) is 2.32. The number of anilines is 2. The predicted octanol–water partition coefficient (Wildman–Crippen LogP) is 1.06. The minimum Gasteiger partial charge on any atom is -0.399 e. The smallest absolute Gasteiger partial charge is 0.238 e. The summed E-state index contributed by atoms with van der Waals surface area (Å²) in [5, 5.41) is 8.27. The van der Waals surface area contributed by atoms with Crippen LogP contribution >= 0.6 is 0 Å². The summed E-state index contributed by atoms with van der Waals surface area (Å²) in [6.45, 7) is 5.99. The van der Waals surface area contributed by atoms with Gasteiger partial charge in [-0.25, -0.2) is 13.6 Å². The van der Waals surface area contributed by atoms with Crippen LogP contribution < -0.4 is 16.2 Å². The summed E-state index contributed by atoms with van der Waals surface area (Å²) in [5.41, 5.74) is 6.72. The number of nitrogens with zero attached hydrogens (tertiary/aromatic N) is 1. The van der Waals surface area contributed by atoms with Gasteiger partial charge in [0, 0.05) is 24.0 Å². The Morgan fingerprint density at radius 2 is 1.95 bits per heavy atom. The lowest BCUT2D eigenvalue weighted by molar-refractivity contribution is 0.273. The molecule has 5 N–H and O–H groups in total. The first-order valence-corrected chi connectivity index (χ1v) is 8.12. The number of benzene rings is 1. The molecule has 1 aromatic rings. The van der Waals surface area contributed by atoms with E-state index in [1.54, 1.807) is 6.07 Å². The molecule has 0 aromatic heterocycles. The summed E-state index contributed by atoms with van der Waals surface area (Å²) < 4.78 is 22.6. The van der Waals surface area contributed by atoms with Gasteiger partial charge in [-0.05, 0) is 52.1 Å². The molecule has 0 atom stereocenters. The molecule has 20 heavy (non-hydrogen) atoms. The molecule has 7 heteroatoms. The summed E-state index contributed by atoms with van der Waals surface area (Å²) >= 11 is 0. The van der Waals surface area contributed by atoms with Crippen LogP contribution in [0.3, 0.4) is 0 Å². The Morgan fingerprint density at radius 3 is 2.50 bits per heavy atom. The van der Waals surface area contributed by atoms with Crippen LogP contribution in [0.2, 0.25) is 0 Å². The average molecular weight is 300 g/mol. The number of hydrogen-bond donors (Lipinski definition) is 3. The van der Waals surface area contributed by atoms with Gasteiger partial charge in [0.2, 0.25) is 10.0 Å². The van der Waals surface area contributed by atoms with E-state index in [2.05, 4.69) is 31.1 Å². The van der Waals surface area contributed by atoms with Crippen molar-refractivity contribution in [2.75, 3.05) is 31.2 Å². The molecular weight excluding hydrogens is 276 g/mol. The molecule has 0 aliphatic carbocycles. The standard InChI is InChI=1S/C13H24N4O2S/c1-10(2)17(3)6-4-5-16-12-7-11(14)8-13(9-12)20(15,18)19/h7-10,16H,4-6,14H2,1-3H3,(H2,15,18,19). The highest BCUT2D eigenvalue weighted by atomic mass is 32.2. The number of nitrogens with two attached hydrogens (primary N) is 2. The van der Waals surface area contributed by atoms with Crippen molar-refractivity contribution in [3.8, 4) is 0 Å². The van der Waals surface area contributed by atoms with E-state index in [1.165, 1.54) is 12.1 Å². The monoisotopic (exact) mass is 300 g/mol. The minimum atomic E-state index is -3.73. The van der Waals surface area contributed by atoms with Crippen molar-refractivity contribution >= 4 is 21.4 Å². The van der Waals surface area contributed by atoms with Gasteiger partial charge in [0.05, 0.1) is 4.90 Å². The van der Waals surface area contributed by atoms with Gasteiger partial charge >= 0.3 is 0 Å². The molecule has 6 nitrogen and oxygen atoms in total. The quantitative estimate of drug-likeness (QED) is 0.516. The Kier molecular flexibility index (Phi) is 5.79. The van der Waals surface area contributed by atoms with E-state index in [1.807, 2.05) is 0 Å². The molecule has 0 saturated carbocycles. The molecule has 0 radical (unpaired) electrons. The second-order valence-electron chi connectivity index (χ2n) is 5.19. The van der Waals surface area contributed by atoms with Crippen molar-refractivity contribution < 1.29 is 8.42 Å². The highest BCUT2D eigenvalue weighted by Crippen LogP contribution is 2.19. The van der Waals surface area contributed by atoms with Crippen LogP contribution in [0.1, 0.15) is 20.3 Å². The Balaban J connectivity index is 2.59. The van der Waals surface area contributed by atoms with Crippen LogP contribution in [-0.2, 0) is 10.0 Å². The maximum atomic E-state index is 11.3. The van der Waals surface area contributed by atoms with Crippen molar-refractivity contribution in [3.63, 3.8) is 0 Å². The molecule has 1 rings (SSSR count). The van der Waals surface area contributed by atoms with Gasteiger partial charge in [-0.2, -0.15) is 0 Å². The summed E-state index contributed by atoms with van der Waals surface area (Å²) in [5.74, 6) is 0. The Hall–Kier alpha value is -1.31. The van der Waals surface area contributed by atoms with Gasteiger partial charge in [0.1, 0.15) is 0 Å². The molecule has 0 amide bonds. The van der Waals surface area contributed by atoms with E-state index in [0.29, 0.717) is 17.4 Å². The fourth-order valence-electron chi connectivity index (χ4n) is 1.71. The molecule has 0 saturated heterocycles. The number of hydrogen-bond acceptors (Lipinski definition) is 5. The second kappa shape index (κ2) is 6.92. The molecule has 0 spiro atoms. The molecule has 0 aliphatic heterocycles. The SMILES string of the molecule is CC(C)N(C)CCCNc1cc(N)cc(S(N)(=O)=O)c1. The van der Waals surface area contributed by atoms with Crippen LogP contribution in [0.25, 0.3) is 0 Å². The predicted molar refractivity (Wildman–Crippen MR) is 83.1 cm³/mol. The lowest BCUT2D eigenvalue weighted by Gasteiger charge is -2.20. The van der Waals surface area contributed by atoms with E-state index >= 15 is 0 Å². The van der Waals surface area contributed by atoms with Gasteiger partial charge in [-0.3, -0.25) is 0 Å². The molecule has 0 unspecified atom stereocenters. The summed E-state index contributed by atoms with van der Waals surface area (Å²) in [7, 11) is -1.66. The molecular formula is C13H24N4O2S. The van der Waals surface area contributed by atoms with Crippen molar-refractivity contribution in [2.24, 2.45) is 5.14 Å². The van der Waals surface area contributed by atoms with Crippen molar-refractivity contribution in [1.82, 2.24) is 4.90 Å². The van der Waals surface area contributed by atoms with E-state index in [0.717, 1.165) is 19.5 Å².